The topological polar surface area (TPSA) is 57.2 Å². The summed E-state index contributed by atoms with van der Waals surface area (Å²) < 4.78 is 10.8. The highest BCUT2D eigenvalue weighted by Gasteiger charge is 2.25. The molecule has 0 saturated carbocycles. The summed E-state index contributed by atoms with van der Waals surface area (Å²) in [6, 6.07) is 28.7. The molecular formula is C29H19N5O. The van der Waals surface area contributed by atoms with Gasteiger partial charge in [-0.05, 0) is 54.6 Å². The van der Waals surface area contributed by atoms with Crippen molar-refractivity contribution >= 4 is 38.6 Å². The Morgan fingerprint density at radius 2 is 1.57 bits per heavy atom. The molecule has 0 N–H and O–H groups in total. The molecule has 0 spiro atoms. The minimum Gasteiger partial charge on any atom is -0.453 e. The first-order chi connectivity index (χ1) is 17.3. The predicted octanol–water partition coefficient (Wildman–Crippen LogP) is 6.71. The lowest BCUT2D eigenvalue weighted by Gasteiger charge is -2.21. The molecule has 7 aromatic rings. The van der Waals surface area contributed by atoms with Gasteiger partial charge >= 0.3 is 0 Å². The van der Waals surface area contributed by atoms with Gasteiger partial charge in [-0.25, -0.2) is 15.0 Å². The molecule has 35 heavy (non-hydrogen) atoms. The van der Waals surface area contributed by atoms with Crippen molar-refractivity contribution in [2.75, 3.05) is 0 Å². The molecule has 8 rings (SSSR count). The Morgan fingerprint density at radius 3 is 2.49 bits per heavy atom. The van der Waals surface area contributed by atoms with Gasteiger partial charge in [0.15, 0.2) is 11.5 Å². The zero-order valence-electron chi connectivity index (χ0n) is 18.9. The van der Waals surface area contributed by atoms with E-state index >= 15 is 0 Å². The second-order valence-electron chi connectivity index (χ2n) is 8.84. The SMILES string of the molecule is CCc1nc2cccc3c2n1-c1ccc(-c2nc4ccccc4c4nc5ccccc5n24)cc1O3. The van der Waals surface area contributed by atoms with E-state index in [1.54, 1.807) is 0 Å². The largest absolute Gasteiger partial charge is 0.453 e. The zero-order chi connectivity index (χ0) is 23.1. The number of fused-ring (bicyclic) bond motifs is 7. The number of ether oxygens (including phenoxy) is 1. The lowest BCUT2D eigenvalue weighted by Crippen LogP contribution is -2.07. The van der Waals surface area contributed by atoms with Crippen LogP contribution in [0.2, 0.25) is 0 Å². The lowest BCUT2D eigenvalue weighted by atomic mass is 10.1. The molecule has 0 aliphatic carbocycles. The molecule has 0 saturated heterocycles. The van der Waals surface area contributed by atoms with E-state index in [1.165, 1.54) is 0 Å². The third-order valence-corrected chi connectivity index (χ3v) is 6.85. The molecular weight excluding hydrogens is 434 g/mol. The van der Waals surface area contributed by atoms with E-state index < -0.39 is 0 Å². The van der Waals surface area contributed by atoms with Crippen molar-refractivity contribution in [2.24, 2.45) is 0 Å². The second kappa shape index (κ2) is 6.67. The van der Waals surface area contributed by atoms with E-state index in [9.17, 15) is 0 Å². The molecule has 3 aromatic heterocycles. The standard InChI is InChI=1S/C29H19N5O/c1-2-26-30-21-11-7-13-24-27(21)33(26)23-15-14-17(16-25(23)35-24)28-31-19-9-4-3-8-18(19)29-32-20-10-5-6-12-22(20)34(28)29/h3-16H,2H2,1H3. The molecule has 0 amide bonds. The quantitative estimate of drug-likeness (QED) is 0.292. The van der Waals surface area contributed by atoms with Crippen molar-refractivity contribution in [3.63, 3.8) is 0 Å². The van der Waals surface area contributed by atoms with Crippen LogP contribution < -0.4 is 4.74 Å². The second-order valence-corrected chi connectivity index (χ2v) is 8.84. The fourth-order valence-corrected chi connectivity index (χ4v) is 5.30. The van der Waals surface area contributed by atoms with Gasteiger partial charge in [0.05, 0.1) is 27.8 Å². The molecule has 0 radical (unpaired) electrons. The first-order valence-corrected chi connectivity index (χ1v) is 11.8. The van der Waals surface area contributed by atoms with Gasteiger partial charge in [0.25, 0.3) is 0 Å². The summed E-state index contributed by atoms with van der Waals surface area (Å²) >= 11 is 0. The van der Waals surface area contributed by atoms with Crippen molar-refractivity contribution in [2.45, 2.75) is 13.3 Å². The third kappa shape index (κ3) is 2.45. The molecule has 166 valence electrons. The Kier molecular flexibility index (Phi) is 3.56. The van der Waals surface area contributed by atoms with E-state index in [2.05, 4.69) is 46.2 Å². The van der Waals surface area contributed by atoms with Gasteiger partial charge in [0.2, 0.25) is 0 Å². The van der Waals surface area contributed by atoms with E-state index in [0.29, 0.717) is 0 Å². The average Bonchev–Trinajstić information content (AvgIpc) is 3.48. The number of benzene rings is 4. The maximum atomic E-state index is 6.42. The smallest absolute Gasteiger partial charge is 0.153 e. The van der Waals surface area contributed by atoms with Gasteiger partial charge in [-0.1, -0.05) is 37.3 Å². The number of rotatable bonds is 2. The minimum atomic E-state index is 0.794. The molecule has 6 nitrogen and oxygen atoms in total. The maximum absolute atomic E-state index is 6.42. The van der Waals surface area contributed by atoms with Gasteiger partial charge in [0, 0.05) is 17.4 Å². The summed E-state index contributed by atoms with van der Waals surface area (Å²) in [4.78, 5) is 14.9. The highest BCUT2D eigenvalue weighted by molar-refractivity contribution is 5.98. The van der Waals surface area contributed by atoms with Crippen molar-refractivity contribution in [1.29, 1.82) is 0 Å². The number of hydrogen-bond acceptors (Lipinski definition) is 4. The number of imidazole rings is 2. The Hall–Kier alpha value is -4.71. The van der Waals surface area contributed by atoms with Crippen LogP contribution in [0.4, 0.5) is 0 Å². The molecule has 4 aromatic carbocycles. The molecule has 6 heteroatoms. The van der Waals surface area contributed by atoms with Crippen LogP contribution >= 0.6 is 0 Å². The first-order valence-electron chi connectivity index (χ1n) is 11.8. The van der Waals surface area contributed by atoms with Gasteiger partial charge < -0.3 is 4.74 Å². The van der Waals surface area contributed by atoms with Crippen LogP contribution in [0, 0.1) is 0 Å². The Bertz CT molecular complexity index is 1980. The first kappa shape index (κ1) is 18.7. The van der Waals surface area contributed by atoms with Crippen molar-refractivity contribution in [3.05, 3.63) is 90.8 Å². The normalized spacial score (nSPS) is 12.5. The highest BCUT2D eigenvalue weighted by atomic mass is 16.5. The Morgan fingerprint density at radius 1 is 0.743 bits per heavy atom. The highest BCUT2D eigenvalue weighted by Crippen LogP contribution is 2.43. The summed E-state index contributed by atoms with van der Waals surface area (Å²) in [7, 11) is 0. The summed E-state index contributed by atoms with van der Waals surface area (Å²) in [5.41, 5.74) is 7.75. The van der Waals surface area contributed by atoms with Crippen LogP contribution in [-0.2, 0) is 6.42 Å². The minimum absolute atomic E-state index is 0.794. The average molecular weight is 454 g/mol. The monoisotopic (exact) mass is 453 g/mol. The number of nitrogens with zero attached hydrogens (tertiary/aromatic N) is 5. The molecule has 0 unspecified atom stereocenters. The van der Waals surface area contributed by atoms with Crippen molar-refractivity contribution < 1.29 is 4.74 Å². The molecule has 0 fully saturated rings. The summed E-state index contributed by atoms with van der Waals surface area (Å²) in [5.74, 6) is 3.48. The molecule has 1 aliphatic rings. The molecule has 4 heterocycles. The Labute approximate surface area is 200 Å². The van der Waals surface area contributed by atoms with Gasteiger partial charge in [-0.15, -0.1) is 0 Å². The van der Waals surface area contributed by atoms with E-state index in [4.69, 9.17) is 19.7 Å². The lowest BCUT2D eigenvalue weighted by molar-refractivity contribution is 0.474. The van der Waals surface area contributed by atoms with Crippen LogP contribution in [0.25, 0.3) is 55.7 Å². The molecule has 1 aliphatic heterocycles. The summed E-state index contributed by atoms with van der Waals surface area (Å²) in [6.45, 7) is 2.13. The van der Waals surface area contributed by atoms with Crippen molar-refractivity contribution in [1.82, 2.24) is 23.9 Å². The van der Waals surface area contributed by atoms with Crippen LogP contribution in [-0.4, -0.2) is 23.9 Å². The maximum Gasteiger partial charge on any atom is 0.153 e. The van der Waals surface area contributed by atoms with Gasteiger partial charge in [-0.2, -0.15) is 0 Å². The van der Waals surface area contributed by atoms with Crippen LogP contribution in [0.1, 0.15) is 12.7 Å². The number of aryl methyl sites for hydroxylation is 1. The van der Waals surface area contributed by atoms with Gasteiger partial charge in [0.1, 0.15) is 22.8 Å². The van der Waals surface area contributed by atoms with Crippen LogP contribution in [0.3, 0.4) is 0 Å². The van der Waals surface area contributed by atoms with Crippen LogP contribution in [0.5, 0.6) is 11.5 Å². The van der Waals surface area contributed by atoms with E-state index in [-0.39, 0.29) is 0 Å². The summed E-state index contributed by atoms with van der Waals surface area (Å²) in [5, 5.41) is 1.03. The Balaban J connectivity index is 1.44. The van der Waals surface area contributed by atoms with Gasteiger partial charge in [-0.3, -0.25) is 8.97 Å². The molecule has 0 bridgehead atoms. The van der Waals surface area contributed by atoms with Crippen LogP contribution in [0.15, 0.2) is 84.9 Å². The predicted molar refractivity (Wildman–Crippen MR) is 138 cm³/mol. The third-order valence-electron chi connectivity index (χ3n) is 6.85. The zero-order valence-corrected chi connectivity index (χ0v) is 18.9. The fourth-order valence-electron chi connectivity index (χ4n) is 5.30. The molecule has 0 atom stereocenters. The fraction of sp³-hybridized carbons (Fsp3) is 0.0690. The summed E-state index contributed by atoms with van der Waals surface area (Å²) in [6.07, 6.45) is 0.836. The number of para-hydroxylation sites is 4. The number of hydrogen-bond donors (Lipinski definition) is 0. The van der Waals surface area contributed by atoms with E-state index in [0.717, 1.165) is 79.4 Å². The van der Waals surface area contributed by atoms with Crippen molar-refractivity contribution in [3.8, 4) is 28.6 Å². The number of aromatic nitrogens is 5. The van der Waals surface area contributed by atoms with E-state index in [1.807, 2.05) is 54.6 Å².